The Balaban J connectivity index is 0.000000350. The zero-order chi connectivity index (χ0) is 25.8. The quantitative estimate of drug-likeness (QED) is 0.324. The summed E-state index contributed by atoms with van der Waals surface area (Å²) in [6.45, 7) is 16.9. The van der Waals surface area contributed by atoms with Crippen molar-refractivity contribution in [2.75, 3.05) is 6.61 Å². The summed E-state index contributed by atoms with van der Waals surface area (Å²) in [5.41, 5.74) is 8.00. The highest BCUT2D eigenvalue weighted by atomic mass is 16.5. The van der Waals surface area contributed by atoms with Crippen LogP contribution in [0.3, 0.4) is 0 Å². The molecule has 0 spiro atoms. The first-order valence-corrected chi connectivity index (χ1v) is 13.4. The Kier molecular flexibility index (Phi) is 14.2. The van der Waals surface area contributed by atoms with Gasteiger partial charge in [-0.3, -0.25) is 0 Å². The van der Waals surface area contributed by atoms with E-state index in [1.54, 1.807) is 6.92 Å². The average molecular weight is 482 g/mol. The van der Waals surface area contributed by atoms with Gasteiger partial charge in [-0.1, -0.05) is 53.2 Å². The second kappa shape index (κ2) is 15.7. The largest absolute Gasteiger partial charge is 0.463 e. The molecule has 2 aliphatic rings. The Morgan fingerprint density at radius 2 is 1.44 bits per heavy atom. The summed E-state index contributed by atoms with van der Waals surface area (Å²) in [5, 5.41) is 10.1. The van der Waals surface area contributed by atoms with E-state index in [-0.39, 0.29) is 36.2 Å². The predicted molar refractivity (Wildman–Crippen MR) is 139 cm³/mol. The van der Waals surface area contributed by atoms with Crippen molar-refractivity contribution in [3.63, 3.8) is 0 Å². The smallest absolute Gasteiger partial charge is 0.333 e. The molecular formula is C28H51NO5. The second-order valence-corrected chi connectivity index (χ2v) is 9.86. The number of aliphatic hydroxyl groups is 1. The molecule has 0 bridgehead atoms. The van der Waals surface area contributed by atoms with E-state index in [4.69, 9.17) is 19.9 Å². The minimum atomic E-state index is -0.552. The summed E-state index contributed by atoms with van der Waals surface area (Å²) in [7, 11) is 0. The Bertz CT molecular complexity index is 653. The van der Waals surface area contributed by atoms with E-state index in [0.29, 0.717) is 30.6 Å². The summed E-state index contributed by atoms with van der Waals surface area (Å²) in [4.78, 5) is 11.8. The fourth-order valence-electron chi connectivity index (χ4n) is 4.46. The first kappa shape index (κ1) is 30.8. The monoisotopic (exact) mass is 481 g/mol. The lowest BCUT2D eigenvalue weighted by Gasteiger charge is -2.34. The number of ether oxygens (including phenoxy) is 3. The number of aliphatic hydroxyl groups excluding tert-OH is 1. The molecule has 0 fully saturated rings. The van der Waals surface area contributed by atoms with Crippen molar-refractivity contribution in [2.45, 2.75) is 130 Å². The van der Waals surface area contributed by atoms with Crippen molar-refractivity contribution < 1.29 is 24.1 Å². The Morgan fingerprint density at radius 3 is 1.91 bits per heavy atom. The summed E-state index contributed by atoms with van der Waals surface area (Å²) < 4.78 is 17.1. The van der Waals surface area contributed by atoms with Gasteiger partial charge in [0.25, 0.3) is 0 Å². The lowest BCUT2D eigenvalue weighted by atomic mass is 9.85. The molecule has 0 aromatic rings. The molecule has 34 heavy (non-hydrogen) atoms. The van der Waals surface area contributed by atoms with Crippen LogP contribution >= 0.6 is 0 Å². The SMILES string of the molecule is CCC(CC)O[C@@H]1C=C(C)C[C@H](N)[C@H]1C.CCOC(=O)C1=C[C@@H](OC(CC)CC)[C@H](C)[C@H](O)C1. The second-order valence-electron chi connectivity index (χ2n) is 9.86. The van der Waals surface area contributed by atoms with E-state index in [1.165, 1.54) is 5.57 Å². The zero-order valence-corrected chi connectivity index (χ0v) is 22.9. The van der Waals surface area contributed by atoms with E-state index in [1.807, 2.05) is 13.0 Å². The predicted octanol–water partition coefficient (Wildman–Crippen LogP) is 5.32. The molecule has 0 amide bonds. The van der Waals surface area contributed by atoms with Crippen LogP contribution in [0.25, 0.3) is 0 Å². The molecule has 0 saturated heterocycles. The van der Waals surface area contributed by atoms with Crippen molar-refractivity contribution in [1.82, 2.24) is 0 Å². The van der Waals surface area contributed by atoms with Crippen LogP contribution in [0.1, 0.15) is 93.9 Å². The van der Waals surface area contributed by atoms with E-state index < -0.39 is 6.10 Å². The number of hydrogen-bond donors (Lipinski definition) is 2. The minimum Gasteiger partial charge on any atom is -0.463 e. The van der Waals surface area contributed by atoms with Crippen LogP contribution in [0, 0.1) is 11.8 Å². The lowest BCUT2D eigenvalue weighted by Crippen LogP contribution is -2.41. The van der Waals surface area contributed by atoms with Crippen LogP contribution in [0.2, 0.25) is 0 Å². The zero-order valence-electron chi connectivity index (χ0n) is 22.9. The van der Waals surface area contributed by atoms with Gasteiger partial charge in [0.2, 0.25) is 0 Å². The van der Waals surface area contributed by atoms with Crippen LogP contribution < -0.4 is 5.73 Å². The van der Waals surface area contributed by atoms with Gasteiger partial charge in [-0.2, -0.15) is 0 Å². The first-order chi connectivity index (χ1) is 16.1. The molecule has 0 aliphatic heterocycles. The molecule has 6 atom stereocenters. The average Bonchev–Trinajstić information content (AvgIpc) is 2.81. The van der Waals surface area contributed by atoms with Gasteiger partial charge >= 0.3 is 5.97 Å². The molecule has 0 aromatic carbocycles. The van der Waals surface area contributed by atoms with Crippen molar-refractivity contribution in [3.05, 3.63) is 23.3 Å². The highest BCUT2D eigenvalue weighted by Crippen LogP contribution is 2.29. The molecule has 6 heteroatoms. The number of hydrogen-bond acceptors (Lipinski definition) is 6. The molecular weight excluding hydrogens is 430 g/mol. The highest BCUT2D eigenvalue weighted by Gasteiger charge is 2.33. The maximum absolute atomic E-state index is 11.8. The number of nitrogens with two attached hydrogens (primary N) is 1. The van der Waals surface area contributed by atoms with Crippen LogP contribution in [-0.4, -0.2) is 54.2 Å². The first-order valence-electron chi connectivity index (χ1n) is 13.4. The normalized spacial score (nSPS) is 29.3. The summed E-state index contributed by atoms with van der Waals surface area (Å²) in [5.74, 6) is 0.0969. The summed E-state index contributed by atoms with van der Waals surface area (Å²) in [6.07, 6.45) is 9.48. The van der Waals surface area contributed by atoms with Crippen molar-refractivity contribution in [1.29, 1.82) is 0 Å². The fraction of sp³-hybridized carbons (Fsp3) is 0.821. The van der Waals surface area contributed by atoms with Crippen molar-refractivity contribution in [3.8, 4) is 0 Å². The van der Waals surface area contributed by atoms with Gasteiger partial charge in [0.15, 0.2) is 0 Å². The van der Waals surface area contributed by atoms with E-state index in [0.717, 1.165) is 32.1 Å². The Morgan fingerprint density at radius 1 is 0.941 bits per heavy atom. The summed E-state index contributed by atoms with van der Waals surface area (Å²) in [6, 6.07) is 0.259. The van der Waals surface area contributed by atoms with E-state index in [9.17, 15) is 9.90 Å². The van der Waals surface area contributed by atoms with Gasteiger partial charge < -0.3 is 25.1 Å². The van der Waals surface area contributed by atoms with Crippen LogP contribution in [-0.2, 0) is 19.0 Å². The molecule has 2 aliphatic carbocycles. The number of rotatable bonds is 10. The topological polar surface area (TPSA) is 91.0 Å². The van der Waals surface area contributed by atoms with Gasteiger partial charge in [-0.25, -0.2) is 4.79 Å². The highest BCUT2D eigenvalue weighted by molar-refractivity contribution is 5.88. The van der Waals surface area contributed by atoms with Crippen molar-refractivity contribution >= 4 is 5.97 Å². The van der Waals surface area contributed by atoms with Gasteiger partial charge in [-0.05, 0) is 52.0 Å². The molecule has 3 N–H and O–H groups in total. The third kappa shape index (κ3) is 9.44. The molecule has 0 saturated carbocycles. The molecule has 0 aromatic heterocycles. The Hall–Kier alpha value is -1.21. The molecule has 198 valence electrons. The Labute approximate surface area is 208 Å². The molecule has 6 nitrogen and oxygen atoms in total. The maximum Gasteiger partial charge on any atom is 0.333 e. The number of carbonyl (C=O) groups is 1. The van der Waals surface area contributed by atoms with Gasteiger partial charge in [0.05, 0.1) is 37.1 Å². The summed E-state index contributed by atoms with van der Waals surface area (Å²) >= 11 is 0. The standard InChI is InChI=1S/C15H26O4.C13H25NO/c1-5-12(6-2)19-14-9-11(15(17)18-7-3)8-13(16)10(14)4;1-5-11(6-2)15-13-8-9(3)7-12(14)10(13)4/h9-10,12-14,16H,5-8H2,1-4H3;8,10-13H,5-7,14H2,1-4H3/t10-,13-,14-;10-,12+,13-/m11/s1. The van der Waals surface area contributed by atoms with E-state index >= 15 is 0 Å². The third-order valence-electron chi connectivity index (χ3n) is 7.18. The van der Waals surface area contributed by atoms with Crippen LogP contribution in [0.4, 0.5) is 0 Å². The van der Waals surface area contributed by atoms with Crippen LogP contribution in [0.15, 0.2) is 23.3 Å². The third-order valence-corrected chi connectivity index (χ3v) is 7.18. The minimum absolute atomic E-state index is 0.00113. The molecule has 0 radical (unpaired) electrons. The van der Waals surface area contributed by atoms with Crippen LogP contribution in [0.5, 0.6) is 0 Å². The molecule has 2 rings (SSSR count). The number of carbonyl (C=O) groups excluding carboxylic acids is 1. The van der Waals surface area contributed by atoms with E-state index in [2.05, 4.69) is 47.6 Å². The maximum atomic E-state index is 11.8. The fourth-order valence-corrected chi connectivity index (χ4v) is 4.46. The van der Waals surface area contributed by atoms with Crippen molar-refractivity contribution in [2.24, 2.45) is 17.6 Å². The lowest BCUT2D eigenvalue weighted by molar-refractivity contribution is -0.140. The molecule has 0 heterocycles. The van der Waals surface area contributed by atoms with Gasteiger partial charge in [0.1, 0.15) is 0 Å². The van der Waals surface area contributed by atoms with Gasteiger partial charge in [-0.15, -0.1) is 0 Å². The molecule has 0 unspecified atom stereocenters. The van der Waals surface area contributed by atoms with Gasteiger partial charge in [0, 0.05) is 29.9 Å². The number of esters is 1.